The van der Waals surface area contributed by atoms with Crippen molar-refractivity contribution in [2.45, 2.75) is 4.90 Å². The van der Waals surface area contributed by atoms with Crippen LogP contribution >= 0.6 is 11.6 Å². The quantitative estimate of drug-likeness (QED) is 0.932. The first-order chi connectivity index (χ1) is 10.3. The lowest BCUT2D eigenvalue weighted by Crippen LogP contribution is -2.22. The van der Waals surface area contributed by atoms with Gasteiger partial charge in [0.25, 0.3) is 5.91 Å². The highest BCUT2D eigenvalue weighted by Crippen LogP contribution is 2.17. The Morgan fingerprint density at radius 2 is 1.73 bits per heavy atom. The van der Waals surface area contributed by atoms with Crippen molar-refractivity contribution in [3.8, 4) is 0 Å². The van der Waals surface area contributed by atoms with Crippen LogP contribution in [0.5, 0.6) is 0 Å². The molecule has 0 radical (unpaired) electrons. The molecule has 2 rings (SSSR count). The third-order valence-corrected chi connectivity index (χ3v) is 5.04. The molecular formula is C15H15ClN2O3S. The summed E-state index contributed by atoms with van der Waals surface area (Å²) in [7, 11) is -0.695. The molecule has 7 heteroatoms. The molecule has 0 aliphatic heterocycles. The molecule has 0 saturated heterocycles. The molecule has 0 aromatic heterocycles. The van der Waals surface area contributed by atoms with Crippen molar-refractivity contribution in [3.05, 3.63) is 59.1 Å². The highest BCUT2D eigenvalue weighted by Gasteiger charge is 2.18. The van der Waals surface area contributed by atoms with Gasteiger partial charge >= 0.3 is 0 Å². The van der Waals surface area contributed by atoms with E-state index >= 15 is 0 Å². The predicted octanol–water partition coefficient (Wildman–Crippen LogP) is 2.84. The normalized spacial score (nSPS) is 11.5. The molecule has 116 valence electrons. The molecule has 0 aliphatic rings. The second-order valence-corrected chi connectivity index (χ2v) is 7.36. The van der Waals surface area contributed by atoms with Crippen LogP contribution in [0.15, 0.2) is 53.4 Å². The Morgan fingerprint density at radius 3 is 2.32 bits per heavy atom. The van der Waals surface area contributed by atoms with E-state index in [0.29, 0.717) is 10.7 Å². The number of nitrogens with one attached hydrogen (secondary N) is 1. The van der Waals surface area contributed by atoms with Gasteiger partial charge in [0.1, 0.15) is 0 Å². The largest absolute Gasteiger partial charge is 0.322 e. The van der Waals surface area contributed by atoms with Crippen LogP contribution in [0.4, 0.5) is 5.69 Å². The first-order valence-electron chi connectivity index (χ1n) is 6.40. The Hall–Kier alpha value is -1.89. The number of hydrogen-bond acceptors (Lipinski definition) is 3. The van der Waals surface area contributed by atoms with Crippen LogP contribution < -0.4 is 5.32 Å². The number of nitrogens with zero attached hydrogens (tertiary/aromatic N) is 1. The van der Waals surface area contributed by atoms with Crippen LogP contribution in [0.1, 0.15) is 10.4 Å². The summed E-state index contributed by atoms with van der Waals surface area (Å²) < 4.78 is 25.3. The minimum Gasteiger partial charge on any atom is -0.322 e. The molecule has 1 N–H and O–H groups in total. The van der Waals surface area contributed by atoms with E-state index in [1.165, 1.54) is 32.3 Å². The Labute approximate surface area is 134 Å². The molecule has 0 spiro atoms. The first-order valence-corrected chi connectivity index (χ1v) is 8.22. The van der Waals surface area contributed by atoms with Crippen molar-refractivity contribution >= 4 is 33.2 Å². The van der Waals surface area contributed by atoms with Crippen LogP contribution in [-0.4, -0.2) is 32.7 Å². The molecule has 22 heavy (non-hydrogen) atoms. The SMILES string of the molecule is CN(C)S(=O)(=O)c1cccc(C(=O)Nc2ccc(Cl)cc2)c1. The fourth-order valence-electron chi connectivity index (χ4n) is 1.75. The maximum Gasteiger partial charge on any atom is 0.255 e. The lowest BCUT2D eigenvalue weighted by Gasteiger charge is -2.12. The lowest BCUT2D eigenvalue weighted by atomic mass is 10.2. The van der Waals surface area contributed by atoms with E-state index in [9.17, 15) is 13.2 Å². The molecule has 2 aromatic carbocycles. The van der Waals surface area contributed by atoms with E-state index in [1.54, 1.807) is 30.3 Å². The Morgan fingerprint density at radius 1 is 1.09 bits per heavy atom. The lowest BCUT2D eigenvalue weighted by molar-refractivity contribution is 0.102. The zero-order valence-electron chi connectivity index (χ0n) is 12.1. The van der Waals surface area contributed by atoms with Crippen molar-refractivity contribution in [2.75, 3.05) is 19.4 Å². The van der Waals surface area contributed by atoms with Gasteiger partial charge in [-0.1, -0.05) is 17.7 Å². The summed E-state index contributed by atoms with van der Waals surface area (Å²) in [5, 5.41) is 3.25. The Balaban J connectivity index is 2.26. The van der Waals surface area contributed by atoms with E-state index in [2.05, 4.69) is 5.32 Å². The van der Waals surface area contributed by atoms with Crippen molar-refractivity contribution in [2.24, 2.45) is 0 Å². The number of anilines is 1. The van der Waals surface area contributed by atoms with E-state index < -0.39 is 15.9 Å². The number of halogens is 1. The van der Waals surface area contributed by atoms with Crippen molar-refractivity contribution in [3.63, 3.8) is 0 Å². The minimum absolute atomic E-state index is 0.0706. The van der Waals surface area contributed by atoms with Gasteiger partial charge in [-0.15, -0.1) is 0 Å². The molecule has 0 fully saturated rings. The van der Waals surface area contributed by atoms with Crippen LogP contribution in [0, 0.1) is 0 Å². The fourth-order valence-corrected chi connectivity index (χ4v) is 2.82. The third kappa shape index (κ3) is 3.65. The van der Waals surface area contributed by atoms with E-state index in [-0.39, 0.29) is 10.5 Å². The number of sulfonamides is 1. The number of hydrogen-bond donors (Lipinski definition) is 1. The van der Waals surface area contributed by atoms with Crippen molar-refractivity contribution in [1.29, 1.82) is 0 Å². The molecule has 0 atom stereocenters. The van der Waals surface area contributed by atoms with Gasteiger partial charge in [-0.3, -0.25) is 4.79 Å². The molecule has 0 saturated carbocycles. The number of rotatable bonds is 4. The number of carbonyl (C=O) groups excluding carboxylic acids is 1. The summed E-state index contributed by atoms with van der Waals surface area (Å²) in [6.45, 7) is 0. The molecule has 0 aliphatic carbocycles. The van der Waals surface area contributed by atoms with Gasteiger partial charge in [0, 0.05) is 30.4 Å². The molecule has 1 amide bonds. The van der Waals surface area contributed by atoms with Crippen LogP contribution in [0.3, 0.4) is 0 Å². The molecule has 0 bridgehead atoms. The van der Waals surface area contributed by atoms with Gasteiger partial charge in [-0.2, -0.15) is 0 Å². The van der Waals surface area contributed by atoms with Gasteiger partial charge in [0.05, 0.1) is 4.90 Å². The summed E-state index contributed by atoms with van der Waals surface area (Å²) in [6, 6.07) is 12.5. The van der Waals surface area contributed by atoms with E-state index in [0.717, 1.165) is 4.31 Å². The fraction of sp³-hybridized carbons (Fsp3) is 0.133. The summed E-state index contributed by atoms with van der Waals surface area (Å²) in [5.41, 5.74) is 0.841. The molecule has 0 heterocycles. The van der Waals surface area contributed by atoms with Crippen LogP contribution in [-0.2, 0) is 10.0 Å². The summed E-state index contributed by atoms with van der Waals surface area (Å²) in [5.74, 6) is -0.391. The van der Waals surface area contributed by atoms with Gasteiger partial charge in [-0.25, -0.2) is 12.7 Å². The van der Waals surface area contributed by atoms with E-state index in [1.807, 2.05) is 0 Å². The highest BCUT2D eigenvalue weighted by atomic mass is 35.5. The zero-order chi connectivity index (χ0) is 16.3. The minimum atomic E-state index is -3.58. The first kappa shape index (κ1) is 16.5. The molecule has 0 unspecified atom stereocenters. The highest BCUT2D eigenvalue weighted by molar-refractivity contribution is 7.89. The number of amides is 1. The van der Waals surface area contributed by atoms with Gasteiger partial charge in [0.15, 0.2) is 0 Å². The van der Waals surface area contributed by atoms with Crippen LogP contribution in [0.2, 0.25) is 5.02 Å². The second-order valence-electron chi connectivity index (χ2n) is 4.78. The van der Waals surface area contributed by atoms with Gasteiger partial charge < -0.3 is 5.32 Å². The average molecular weight is 339 g/mol. The maximum atomic E-state index is 12.2. The monoisotopic (exact) mass is 338 g/mol. The van der Waals surface area contributed by atoms with E-state index in [4.69, 9.17) is 11.6 Å². The second kappa shape index (κ2) is 6.48. The number of carbonyl (C=O) groups is 1. The Kier molecular flexibility index (Phi) is 4.85. The summed E-state index contributed by atoms with van der Waals surface area (Å²) in [4.78, 5) is 12.3. The topological polar surface area (TPSA) is 66.5 Å². The standard InChI is InChI=1S/C15H15ClN2O3S/c1-18(2)22(20,21)14-5-3-4-11(10-14)15(19)17-13-8-6-12(16)7-9-13/h3-10H,1-2H3,(H,17,19). The van der Waals surface area contributed by atoms with Crippen molar-refractivity contribution in [1.82, 2.24) is 4.31 Å². The van der Waals surface area contributed by atoms with Gasteiger partial charge in [-0.05, 0) is 42.5 Å². The molecular weight excluding hydrogens is 324 g/mol. The van der Waals surface area contributed by atoms with Crippen molar-refractivity contribution < 1.29 is 13.2 Å². The summed E-state index contributed by atoms with van der Waals surface area (Å²) in [6.07, 6.45) is 0. The smallest absolute Gasteiger partial charge is 0.255 e. The predicted molar refractivity (Wildman–Crippen MR) is 86.7 cm³/mol. The zero-order valence-corrected chi connectivity index (χ0v) is 13.6. The van der Waals surface area contributed by atoms with Crippen LogP contribution in [0.25, 0.3) is 0 Å². The maximum absolute atomic E-state index is 12.2. The number of benzene rings is 2. The third-order valence-electron chi connectivity index (χ3n) is 2.98. The van der Waals surface area contributed by atoms with Gasteiger partial charge in [0.2, 0.25) is 10.0 Å². The summed E-state index contributed by atoms with van der Waals surface area (Å²) >= 11 is 5.78. The Bertz CT molecular complexity index is 787. The average Bonchev–Trinajstić information content (AvgIpc) is 2.49. The molecule has 5 nitrogen and oxygen atoms in total. The molecule has 2 aromatic rings.